The highest BCUT2D eigenvalue weighted by Gasteiger charge is 2.40. The van der Waals surface area contributed by atoms with Crippen LogP contribution >= 0.6 is 0 Å². The maximum atomic E-state index is 12.9. The van der Waals surface area contributed by atoms with Gasteiger partial charge in [0.25, 0.3) is 0 Å². The lowest BCUT2D eigenvalue weighted by molar-refractivity contribution is -0.182. The molecule has 28 heavy (non-hydrogen) atoms. The molecule has 156 valence electrons. The molecule has 1 aromatic carbocycles. The zero-order valence-corrected chi connectivity index (χ0v) is 16.2. The highest BCUT2D eigenvalue weighted by atomic mass is 19.4. The Morgan fingerprint density at radius 2 is 1.68 bits per heavy atom. The van der Waals surface area contributed by atoms with E-state index < -0.39 is 11.7 Å². The number of benzene rings is 1. The molecule has 0 N–H and O–H groups in total. The van der Waals surface area contributed by atoms with Crippen LogP contribution < -0.4 is 4.90 Å². The van der Waals surface area contributed by atoms with Gasteiger partial charge in [0, 0.05) is 44.7 Å². The quantitative estimate of drug-likeness (QED) is 0.761. The van der Waals surface area contributed by atoms with Crippen LogP contribution in [-0.2, 0) is 15.7 Å². The van der Waals surface area contributed by atoms with Gasteiger partial charge in [0.05, 0.1) is 18.8 Å². The fraction of sp³-hybridized carbons (Fsp3) is 0.714. The third-order valence-corrected chi connectivity index (χ3v) is 6.45. The van der Waals surface area contributed by atoms with Crippen LogP contribution in [0.1, 0.15) is 37.7 Å². The van der Waals surface area contributed by atoms with Gasteiger partial charge in [-0.15, -0.1) is 0 Å². The Morgan fingerprint density at radius 1 is 1.00 bits per heavy atom. The predicted molar refractivity (Wildman–Crippen MR) is 101 cm³/mol. The molecule has 1 aromatic rings. The summed E-state index contributed by atoms with van der Waals surface area (Å²) in [4.78, 5) is 4.50. The summed E-state index contributed by atoms with van der Waals surface area (Å²) in [5.74, 6) is 0.438. The first kappa shape index (κ1) is 20.0. The number of ether oxygens (including phenoxy) is 2. The van der Waals surface area contributed by atoms with Crippen LogP contribution in [0.3, 0.4) is 0 Å². The van der Waals surface area contributed by atoms with E-state index >= 15 is 0 Å². The van der Waals surface area contributed by atoms with Gasteiger partial charge in [-0.2, -0.15) is 13.2 Å². The number of piperazine rings is 1. The second kappa shape index (κ2) is 8.20. The lowest BCUT2D eigenvalue weighted by Gasteiger charge is -2.38. The second-order valence-corrected chi connectivity index (χ2v) is 8.22. The number of alkyl halides is 3. The lowest BCUT2D eigenvalue weighted by Crippen LogP contribution is -2.47. The number of rotatable bonds is 4. The standard InChI is InChI=1S/C21H29F3N2O2/c22-21(23,24)18-2-1-3-19(16-18)26-12-10-25(11-13-26)9-6-17-4-7-20(8-5-17)27-14-15-28-20/h1-3,16-17H,4-15H2. The molecular formula is C21H29F3N2O2. The second-order valence-electron chi connectivity index (χ2n) is 8.22. The lowest BCUT2D eigenvalue weighted by atomic mass is 9.83. The first-order chi connectivity index (χ1) is 13.4. The number of nitrogens with zero attached hydrogens (tertiary/aromatic N) is 2. The van der Waals surface area contributed by atoms with Gasteiger partial charge in [-0.3, -0.25) is 4.90 Å². The molecule has 4 rings (SSSR count). The number of halogens is 3. The van der Waals surface area contributed by atoms with Crippen LogP contribution in [0.15, 0.2) is 24.3 Å². The summed E-state index contributed by atoms with van der Waals surface area (Å²) in [5, 5.41) is 0. The third kappa shape index (κ3) is 4.63. The average Bonchev–Trinajstić information content (AvgIpc) is 3.16. The SMILES string of the molecule is FC(F)(F)c1cccc(N2CCN(CCC3CCC4(CC3)OCCO4)CC2)c1. The van der Waals surface area contributed by atoms with Crippen molar-refractivity contribution in [2.45, 2.75) is 44.1 Å². The van der Waals surface area contributed by atoms with Crippen LogP contribution in [0.5, 0.6) is 0 Å². The van der Waals surface area contributed by atoms with Crippen molar-refractivity contribution in [3.8, 4) is 0 Å². The molecular weight excluding hydrogens is 369 g/mol. The Labute approximate surface area is 164 Å². The molecule has 0 atom stereocenters. The molecule has 1 spiro atoms. The molecule has 2 saturated heterocycles. The van der Waals surface area contributed by atoms with Crippen molar-refractivity contribution < 1.29 is 22.6 Å². The molecule has 1 saturated carbocycles. The summed E-state index contributed by atoms with van der Waals surface area (Å²) in [5.41, 5.74) is 0.0985. The van der Waals surface area contributed by atoms with Gasteiger partial charge in [-0.05, 0) is 49.9 Å². The van der Waals surface area contributed by atoms with E-state index in [1.54, 1.807) is 6.07 Å². The van der Waals surface area contributed by atoms with E-state index in [0.29, 0.717) is 5.69 Å². The largest absolute Gasteiger partial charge is 0.416 e. The number of anilines is 1. The van der Waals surface area contributed by atoms with Crippen LogP contribution in [0.2, 0.25) is 0 Å². The molecule has 7 heteroatoms. The van der Waals surface area contributed by atoms with Crippen molar-refractivity contribution in [3.05, 3.63) is 29.8 Å². The number of hydrogen-bond acceptors (Lipinski definition) is 4. The van der Waals surface area contributed by atoms with Crippen molar-refractivity contribution in [2.24, 2.45) is 5.92 Å². The summed E-state index contributed by atoms with van der Waals surface area (Å²) in [6.07, 6.45) is 1.21. The van der Waals surface area contributed by atoms with Gasteiger partial charge in [0.1, 0.15) is 0 Å². The Hall–Kier alpha value is -1.31. The molecule has 2 aliphatic heterocycles. The summed E-state index contributed by atoms with van der Waals surface area (Å²) in [6, 6.07) is 5.67. The maximum absolute atomic E-state index is 12.9. The van der Waals surface area contributed by atoms with Crippen molar-refractivity contribution in [1.82, 2.24) is 4.90 Å². The maximum Gasteiger partial charge on any atom is 0.416 e. The van der Waals surface area contributed by atoms with Crippen LogP contribution in [-0.4, -0.2) is 56.6 Å². The Balaban J connectivity index is 1.21. The predicted octanol–water partition coefficient (Wildman–Crippen LogP) is 4.15. The van der Waals surface area contributed by atoms with E-state index in [1.807, 2.05) is 0 Å². The Kier molecular flexibility index (Phi) is 5.86. The summed E-state index contributed by atoms with van der Waals surface area (Å²) < 4.78 is 50.4. The third-order valence-electron chi connectivity index (χ3n) is 6.45. The van der Waals surface area contributed by atoms with Crippen molar-refractivity contribution in [1.29, 1.82) is 0 Å². The summed E-state index contributed by atoms with van der Waals surface area (Å²) in [6.45, 7) is 5.86. The average molecular weight is 398 g/mol. The zero-order valence-electron chi connectivity index (χ0n) is 16.2. The molecule has 4 nitrogen and oxygen atoms in total. The van der Waals surface area contributed by atoms with Crippen LogP contribution in [0, 0.1) is 5.92 Å². The van der Waals surface area contributed by atoms with E-state index in [0.717, 1.165) is 83.6 Å². The van der Waals surface area contributed by atoms with Gasteiger partial charge in [0.15, 0.2) is 5.79 Å². The minimum absolute atomic E-state index is 0.285. The van der Waals surface area contributed by atoms with Crippen molar-refractivity contribution in [2.75, 3.05) is 50.8 Å². The van der Waals surface area contributed by atoms with Gasteiger partial charge in [-0.25, -0.2) is 0 Å². The Bertz CT molecular complexity index is 643. The molecule has 3 aliphatic rings. The minimum Gasteiger partial charge on any atom is -0.369 e. The highest BCUT2D eigenvalue weighted by Crippen LogP contribution is 2.39. The molecule has 2 heterocycles. The molecule has 0 bridgehead atoms. The van der Waals surface area contributed by atoms with E-state index in [4.69, 9.17) is 9.47 Å². The molecule has 0 amide bonds. The van der Waals surface area contributed by atoms with Gasteiger partial charge in [-0.1, -0.05) is 6.07 Å². The van der Waals surface area contributed by atoms with E-state index in [9.17, 15) is 13.2 Å². The van der Waals surface area contributed by atoms with E-state index in [-0.39, 0.29) is 5.79 Å². The number of hydrogen-bond donors (Lipinski definition) is 0. The summed E-state index contributed by atoms with van der Waals surface area (Å²) >= 11 is 0. The van der Waals surface area contributed by atoms with Gasteiger partial charge < -0.3 is 14.4 Å². The fourth-order valence-electron chi connectivity index (χ4n) is 4.67. The van der Waals surface area contributed by atoms with E-state index in [2.05, 4.69) is 9.80 Å². The summed E-state index contributed by atoms with van der Waals surface area (Å²) in [7, 11) is 0. The molecule has 0 unspecified atom stereocenters. The fourth-order valence-corrected chi connectivity index (χ4v) is 4.67. The van der Waals surface area contributed by atoms with Crippen LogP contribution in [0.4, 0.5) is 18.9 Å². The molecule has 3 fully saturated rings. The minimum atomic E-state index is -4.29. The van der Waals surface area contributed by atoms with E-state index in [1.165, 1.54) is 18.6 Å². The zero-order chi connectivity index (χ0) is 19.6. The Morgan fingerprint density at radius 3 is 2.32 bits per heavy atom. The molecule has 0 aromatic heterocycles. The van der Waals surface area contributed by atoms with Crippen LogP contribution in [0.25, 0.3) is 0 Å². The molecule has 0 radical (unpaired) electrons. The monoisotopic (exact) mass is 398 g/mol. The van der Waals surface area contributed by atoms with Crippen molar-refractivity contribution in [3.63, 3.8) is 0 Å². The smallest absolute Gasteiger partial charge is 0.369 e. The first-order valence-corrected chi connectivity index (χ1v) is 10.4. The highest BCUT2D eigenvalue weighted by molar-refractivity contribution is 5.49. The first-order valence-electron chi connectivity index (χ1n) is 10.4. The molecule has 1 aliphatic carbocycles. The topological polar surface area (TPSA) is 24.9 Å². The van der Waals surface area contributed by atoms with Gasteiger partial charge in [0.2, 0.25) is 0 Å². The van der Waals surface area contributed by atoms with Crippen molar-refractivity contribution >= 4 is 5.69 Å². The van der Waals surface area contributed by atoms with Gasteiger partial charge >= 0.3 is 6.18 Å². The normalized spacial score (nSPS) is 24.2.